The van der Waals surface area contributed by atoms with E-state index in [0.29, 0.717) is 19.8 Å². The molecule has 0 aliphatic rings. The number of rotatable bonds is 10. The molecule has 0 aliphatic heterocycles. The van der Waals surface area contributed by atoms with Crippen molar-refractivity contribution in [1.29, 1.82) is 0 Å². The first kappa shape index (κ1) is 22.0. The van der Waals surface area contributed by atoms with E-state index in [0.717, 1.165) is 24.7 Å². The SMILES string of the molecule is CCO[Si](CCCN=C(C)C)(OCC)OCC.CNC. The molecule has 0 saturated heterocycles. The lowest BCUT2D eigenvalue weighted by atomic mass is 10.4. The minimum absolute atomic E-state index is 0.641. The lowest BCUT2D eigenvalue weighted by molar-refractivity contribution is 0.0710. The van der Waals surface area contributed by atoms with Gasteiger partial charge in [0.1, 0.15) is 0 Å². The van der Waals surface area contributed by atoms with Gasteiger partial charge in [-0.05, 0) is 55.1 Å². The highest BCUT2D eigenvalue weighted by Crippen LogP contribution is 2.18. The van der Waals surface area contributed by atoms with Crippen LogP contribution in [0, 0.1) is 0 Å². The van der Waals surface area contributed by atoms with Crippen LogP contribution in [0.3, 0.4) is 0 Å². The van der Waals surface area contributed by atoms with Gasteiger partial charge in [-0.15, -0.1) is 0 Å². The maximum atomic E-state index is 5.76. The van der Waals surface area contributed by atoms with Gasteiger partial charge in [0, 0.05) is 38.1 Å². The summed E-state index contributed by atoms with van der Waals surface area (Å²) in [7, 11) is 1.31. The summed E-state index contributed by atoms with van der Waals surface area (Å²) in [6.45, 7) is 12.7. The topological polar surface area (TPSA) is 52.1 Å². The van der Waals surface area contributed by atoms with E-state index in [1.807, 2.05) is 48.7 Å². The predicted octanol–water partition coefficient (Wildman–Crippen LogP) is 2.74. The van der Waals surface area contributed by atoms with Gasteiger partial charge in [-0.25, -0.2) is 0 Å². The van der Waals surface area contributed by atoms with E-state index in [1.54, 1.807) is 0 Å². The molecular weight excluding hydrogens is 272 g/mol. The van der Waals surface area contributed by atoms with E-state index >= 15 is 0 Å². The average Bonchev–Trinajstić information content (AvgIpc) is 2.36. The molecule has 0 atom stereocenters. The van der Waals surface area contributed by atoms with Crippen LogP contribution in [0.4, 0.5) is 0 Å². The molecule has 6 heteroatoms. The Morgan fingerprint density at radius 3 is 1.65 bits per heavy atom. The van der Waals surface area contributed by atoms with Crippen LogP contribution in [0.5, 0.6) is 0 Å². The molecule has 20 heavy (non-hydrogen) atoms. The summed E-state index contributed by atoms with van der Waals surface area (Å²) >= 11 is 0. The number of aliphatic imine (C=N–C) groups is 1. The van der Waals surface area contributed by atoms with Crippen molar-refractivity contribution >= 4 is 14.5 Å². The Balaban J connectivity index is 0. The number of hydrogen-bond donors (Lipinski definition) is 1. The maximum Gasteiger partial charge on any atom is 0.500 e. The van der Waals surface area contributed by atoms with Gasteiger partial charge in [-0.2, -0.15) is 0 Å². The van der Waals surface area contributed by atoms with Crippen LogP contribution in [0.15, 0.2) is 4.99 Å². The first-order valence-electron chi connectivity index (χ1n) is 7.49. The van der Waals surface area contributed by atoms with Crippen LogP contribution in [-0.4, -0.2) is 55.0 Å². The molecule has 5 nitrogen and oxygen atoms in total. The standard InChI is InChI=1S/C12H27NO3Si.C2H7N/c1-6-14-17(15-7-2,16-8-3)11-9-10-13-12(4)5;1-3-2/h6-11H2,1-5H3;3H,1-2H3. The van der Waals surface area contributed by atoms with Gasteiger partial charge in [0.05, 0.1) is 0 Å². The van der Waals surface area contributed by atoms with Crippen LogP contribution in [-0.2, 0) is 13.3 Å². The second-order valence-corrected chi connectivity index (χ2v) is 7.15. The summed E-state index contributed by atoms with van der Waals surface area (Å²) in [6, 6.07) is 0.847. The molecule has 0 radical (unpaired) electrons. The van der Waals surface area contributed by atoms with Gasteiger partial charge >= 0.3 is 8.80 Å². The second kappa shape index (κ2) is 15.1. The zero-order chi connectivity index (χ0) is 15.9. The zero-order valence-corrected chi connectivity index (χ0v) is 15.4. The third kappa shape index (κ3) is 12.7. The van der Waals surface area contributed by atoms with Gasteiger partial charge in [-0.1, -0.05) is 0 Å². The minimum atomic E-state index is -2.44. The summed E-state index contributed by atoms with van der Waals surface area (Å²) in [5.74, 6) is 0. The third-order valence-electron chi connectivity index (χ3n) is 2.16. The highest BCUT2D eigenvalue weighted by atomic mass is 28.4. The van der Waals surface area contributed by atoms with Gasteiger partial charge < -0.3 is 18.6 Å². The van der Waals surface area contributed by atoms with Crippen molar-refractivity contribution in [2.75, 3.05) is 40.5 Å². The highest BCUT2D eigenvalue weighted by Gasteiger charge is 2.39. The molecule has 0 rings (SSSR count). The fourth-order valence-corrected chi connectivity index (χ4v) is 4.19. The lowest BCUT2D eigenvalue weighted by Gasteiger charge is -2.28. The third-order valence-corrected chi connectivity index (χ3v) is 5.31. The Hall–Kier alpha value is -0.273. The molecule has 0 unspecified atom stereocenters. The van der Waals surface area contributed by atoms with Gasteiger partial charge in [0.25, 0.3) is 0 Å². The summed E-state index contributed by atoms with van der Waals surface area (Å²) in [6.07, 6.45) is 0.956. The smallest absolute Gasteiger partial charge is 0.374 e. The molecule has 0 bridgehead atoms. The molecule has 0 aromatic rings. The normalized spacial score (nSPS) is 10.8. The first-order valence-corrected chi connectivity index (χ1v) is 9.42. The zero-order valence-electron chi connectivity index (χ0n) is 14.4. The van der Waals surface area contributed by atoms with Crippen molar-refractivity contribution < 1.29 is 13.3 Å². The Labute approximate surface area is 126 Å². The van der Waals surface area contributed by atoms with Crippen molar-refractivity contribution in [2.45, 2.75) is 47.1 Å². The Bertz CT molecular complexity index is 217. The highest BCUT2D eigenvalue weighted by molar-refractivity contribution is 6.60. The second-order valence-electron chi connectivity index (χ2n) is 4.41. The quantitative estimate of drug-likeness (QED) is 0.383. The Kier molecular flexibility index (Phi) is 16.6. The van der Waals surface area contributed by atoms with E-state index in [4.69, 9.17) is 13.3 Å². The fourth-order valence-electron chi connectivity index (χ4n) is 1.60. The van der Waals surface area contributed by atoms with Crippen LogP contribution < -0.4 is 5.32 Å². The molecule has 0 saturated carbocycles. The van der Waals surface area contributed by atoms with E-state index < -0.39 is 8.80 Å². The lowest BCUT2D eigenvalue weighted by Crippen LogP contribution is -2.46. The molecule has 0 fully saturated rings. The van der Waals surface area contributed by atoms with Crippen LogP contribution in [0.25, 0.3) is 0 Å². The van der Waals surface area contributed by atoms with Crippen LogP contribution in [0.1, 0.15) is 41.0 Å². The molecule has 0 aromatic heterocycles. The summed E-state index contributed by atoms with van der Waals surface area (Å²) < 4.78 is 17.3. The molecule has 0 aromatic carbocycles. The van der Waals surface area contributed by atoms with Crippen LogP contribution >= 0.6 is 0 Å². The summed E-state index contributed by atoms with van der Waals surface area (Å²) in [5.41, 5.74) is 1.11. The largest absolute Gasteiger partial charge is 0.500 e. The number of hydrogen-bond acceptors (Lipinski definition) is 5. The Morgan fingerprint density at radius 2 is 1.35 bits per heavy atom. The van der Waals surface area contributed by atoms with Crippen LogP contribution in [0.2, 0.25) is 6.04 Å². The molecule has 1 N–H and O–H groups in total. The van der Waals surface area contributed by atoms with E-state index in [2.05, 4.69) is 10.3 Å². The fraction of sp³-hybridized carbons (Fsp3) is 0.929. The van der Waals surface area contributed by atoms with E-state index in [-0.39, 0.29) is 0 Å². The predicted molar refractivity (Wildman–Crippen MR) is 88.7 cm³/mol. The van der Waals surface area contributed by atoms with Crippen molar-refractivity contribution in [3.63, 3.8) is 0 Å². The maximum absolute atomic E-state index is 5.76. The van der Waals surface area contributed by atoms with E-state index in [1.165, 1.54) is 0 Å². The monoisotopic (exact) mass is 306 g/mol. The number of nitrogens with one attached hydrogen (secondary N) is 1. The van der Waals surface area contributed by atoms with Gasteiger partial charge in [0.15, 0.2) is 0 Å². The summed E-state index contributed by atoms with van der Waals surface area (Å²) in [5, 5.41) is 2.75. The average molecular weight is 307 g/mol. The van der Waals surface area contributed by atoms with Crippen molar-refractivity contribution in [1.82, 2.24) is 5.32 Å². The molecule has 0 aliphatic carbocycles. The molecular formula is C14H34N2O3Si. The first-order chi connectivity index (χ1) is 9.51. The van der Waals surface area contributed by atoms with Crippen molar-refractivity contribution in [3.05, 3.63) is 0 Å². The number of nitrogens with zero attached hydrogens (tertiary/aromatic N) is 1. The van der Waals surface area contributed by atoms with Gasteiger partial charge in [0.2, 0.25) is 0 Å². The van der Waals surface area contributed by atoms with Crippen molar-refractivity contribution in [3.8, 4) is 0 Å². The molecule has 122 valence electrons. The Morgan fingerprint density at radius 1 is 0.950 bits per heavy atom. The van der Waals surface area contributed by atoms with E-state index in [9.17, 15) is 0 Å². The van der Waals surface area contributed by atoms with Gasteiger partial charge in [-0.3, -0.25) is 4.99 Å². The molecule has 0 amide bonds. The van der Waals surface area contributed by atoms with Crippen molar-refractivity contribution in [2.24, 2.45) is 4.99 Å². The molecule has 0 heterocycles. The molecule has 0 spiro atoms. The minimum Gasteiger partial charge on any atom is -0.374 e. The summed E-state index contributed by atoms with van der Waals surface area (Å²) in [4.78, 5) is 4.38.